The number of aromatic nitrogens is 2. The van der Waals surface area contributed by atoms with Crippen LogP contribution in [0.2, 0.25) is 5.02 Å². The third kappa shape index (κ3) is 4.93. The van der Waals surface area contributed by atoms with E-state index < -0.39 is 27.4 Å². The van der Waals surface area contributed by atoms with Crippen molar-refractivity contribution >= 4 is 32.5 Å². The lowest BCUT2D eigenvalue weighted by Gasteiger charge is -2.30. The maximum absolute atomic E-state index is 14.1. The van der Waals surface area contributed by atoms with Gasteiger partial charge in [-0.15, -0.1) is 0 Å². The van der Waals surface area contributed by atoms with Gasteiger partial charge in [-0.25, -0.2) is 17.8 Å². The Bertz CT molecular complexity index is 1640. The lowest BCUT2D eigenvalue weighted by molar-refractivity contribution is 0.327. The zero-order chi connectivity index (χ0) is 27.1. The Morgan fingerprint density at radius 2 is 1.70 bits per heavy atom. The van der Waals surface area contributed by atoms with E-state index in [2.05, 4.69) is 0 Å². The molecule has 1 aromatic heterocycles. The van der Waals surface area contributed by atoms with Gasteiger partial charge in [-0.3, -0.25) is 9.36 Å². The fourth-order valence-electron chi connectivity index (χ4n) is 4.87. The Kier molecular flexibility index (Phi) is 7.55. The number of sulfonamides is 1. The third-order valence-electron chi connectivity index (χ3n) is 6.38. The minimum Gasteiger partial charge on any atom is -0.268 e. The first-order valence-corrected chi connectivity index (χ1v) is 13.9. The normalized spacial score (nSPS) is 12.9. The lowest BCUT2D eigenvalue weighted by Crippen LogP contribution is -2.38. The summed E-state index contributed by atoms with van der Waals surface area (Å²) in [5.41, 5.74) is 2.62. The summed E-state index contributed by atoms with van der Waals surface area (Å²) in [6, 6.07) is 13.7. The largest absolute Gasteiger partial charge is 0.268 e. The minimum absolute atomic E-state index is 0.153. The summed E-state index contributed by atoms with van der Waals surface area (Å²) in [6.07, 6.45) is 0.549. The number of hydrogen-bond donors (Lipinski definition) is 0. The predicted octanol–water partition coefficient (Wildman–Crippen LogP) is 6.27. The van der Waals surface area contributed by atoms with Gasteiger partial charge in [0.25, 0.3) is 5.56 Å². The first-order chi connectivity index (χ1) is 17.5. The summed E-state index contributed by atoms with van der Waals surface area (Å²) in [5.74, 6) is -0.409. The van der Waals surface area contributed by atoms with Crippen LogP contribution >= 0.6 is 11.6 Å². The van der Waals surface area contributed by atoms with Crippen molar-refractivity contribution in [1.82, 2.24) is 13.9 Å². The average Bonchev–Trinajstić information content (AvgIpc) is 2.83. The molecule has 6 nitrogen and oxygen atoms in total. The Hall–Kier alpha value is -3.07. The van der Waals surface area contributed by atoms with E-state index in [0.717, 1.165) is 5.56 Å². The minimum atomic E-state index is -3.98. The molecule has 0 radical (unpaired) electrons. The molecular weight excluding hydrogens is 513 g/mol. The van der Waals surface area contributed by atoms with Crippen LogP contribution in [0.25, 0.3) is 16.6 Å². The van der Waals surface area contributed by atoms with Gasteiger partial charge in [0, 0.05) is 6.54 Å². The zero-order valence-corrected chi connectivity index (χ0v) is 23.0. The molecule has 194 valence electrons. The van der Waals surface area contributed by atoms with Crippen molar-refractivity contribution in [2.45, 2.75) is 52.0 Å². The number of aryl methyl sites for hydroxylation is 3. The molecule has 0 bridgehead atoms. The van der Waals surface area contributed by atoms with Crippen molar-refractivity contribution in [3.63, 3.8) is 0 Å². The third-order valence-corrected chi connectivity index (χ3v) is 8.95. The van der Waals surface area contributed by atoms with Crippen LogP contribution in [0, 0.1) is 26.6 Å². The van der Waals surface area contributed by atoms with Crippen molar-refractivity contribution in [2.24, 2.45) is 0 Å². The second-order valence-corrected chi connectivity index (χ2v) is 11.5. The standard InChI is InChI=1S/C28H29ClFN3O3S/c1-6-13-32(37(35,36)26-18(3)14-17(2)15-19(26)4)20(5)27-31-25-10-8-7-9-22(25)28(34)33(27)21-11-12-24(30)23(29)16-21/h7-12,14-16,20H,6,13H2,1-5H3. The van der Waals surface area contributed by atoms with Gasteiger partial charge in [-0.05, 0) is 75.6 Å². The van der Waals surface area contributed by atoms with Crippen molar-refractivity contribution in [1.29, 1.82) is 0 Å². The van der Waals surface area contributed by atoms with Gasteiger partial charge in [-0.2, -0.15) is 4.31 Å². The predicted molar refractivity (Wildman–Crippen MR) is 146 cm³/mol. The molecule has 0 aliphatic carbocycles. The highest BCUT2D eigenvalue weighted by molar-refractivity contribution is 7.89. The van der Waals surface area contributed by atoms with E-state index in [1.54, 1.807) is 45.0 Å². The van der Waals surface area contributed by atoms with Crippen molar-refractivity contribution in [3.05, 3.63) is 98.3 Å². The van der Waals surface area contributed by atoms with Gasteiger partial charge >= 0.3 is 0 Å². The maximum Gasteiger partial charge on any atom is 0.266 e. The average molecular weight is 542 g/mol. The van der Waals surface area contributed by atoms with Gasteiger partial charge in [0.1, 0.15) is 11.6 Å². The first-order valence-electron chi connectivity index (χ1n) is 12.0. The summed E-state index contributed by atoms with van der Waals surface area (Å²) in [6.45, 7) is 9.31. The maximum atomic E-state index is 14.1. The fourth-order valence-corrected chi connectivity index (χ4v) is 7.14. The molecule has 0 amide bonds. The molecule has 0 aliphatic heterocycles. The van der Waals surface area contributed by atoms with E-state index in [9.17, 15) is 17.6 Å². The first kappa shape index (κ1) is 27.0. The van der Waals surface area contributed by atoms with Crippen molar-refractivity contribution in [3.8, 4) is 5.69 Å². The van der Waals surface area contributed by atoms with Gasteiger partial charge in [0.2, 0.25) is 10.0 Å². The molecular formula is C28H29ClFN3O3S. The smallest absolute Gasteiger partial charge is 0.266 e. The number of para-hydroxylation sites is 1. The molecule has 3 aromatic carbocycles. The molecule has 0 fully saturated rings. The van der Waals surface area contributed by atoms with Crippen molar-refractivity contribution in [2.75, 3.05) is 6.54 Å². The quantitative estimate of drug-likeness (QED) is 0.276. The number of benzene rings is 3. The summed E-state index contributed by atoms with van der Waals surface area (Å²) < 4.78 is 44.9. The van der Waals surface area contributed by atoms with Crippen molar-refractivity contribution < 1.29 is 12.8 Å². The van der Waals surface area contributed by atoms with Gasteiger partial charge in [0.05, 0.1) is 32.6 Å². The summed E-state index contributed by atoms with van der Waals surface area (Å²) in [5, 5.41) is 0.203. The lowest BCUT2D eigenvalue weighted by atomic mass is 10.1. The Balaban J connectivity index is 2.00. The molecule has 1 heterocycles. The molecule has 4 aromatic rings. The second-order valence-electron chi connectivity index (χ2n) is 9.25. The Labute approximate surface area is 221 Å². The van der Waals surface area contributed by atoms with Crippen LogP contribution in [0.5, 0.6) is 0 Å². The van der Waals surface area contributed by atoms with Crippen LogP contribution in [0.3, 0.4) is 0 Å². The van der Waals surface area contributed by atoms with E-state index >= 15 is 0 Å². The zero-order valence-electron chi connectivity index (χ0n) is 21.4. The molecule has 4 rings (SSSR count). The van der Waals surface area contributed by atoms with Crippen LogP contribution in [-0.2, 0) is 10.0 Å². The summed E-state index contributed by atoms with van der Waals surface area (Å²) >= 11 is 6.06. The van der Waals surface area contributed by atoms with E-state index in [4.69, 9.17) is 16.6 Å². The fraction of sp³-hybridized carbons (Fsp3) is 0.286. The van der Waals surface area contributed by atoms with Crippen LogP contribution in [0.1, 0.15) is 48.8 Å². The molecule has 1 unspecified atom stereocenters. The summed E-state index contributed by atoms with van der Waals surface area (Å²) in [4.78, 5) is 18.7. The highest BCUT2D eigenvalue weighted by atomic mass is 35.5. The molecule has 37 heavy (non-hydrogen) atoms. The number of nitrogens with zero attached hydrogens (tertiary/aromatic N) is 3. The number of halogens is 2. The van der Waals surface area contributed by atoms with E-state index in [1.807, 2.05) is 26.0 Å². The van der Waals surface area contributed by atoms with Crippen LogP contribution < -0.4 is 5.56 Å². The number of fused-ring (bicyclic) bond motifs is 1. The van der Waals surface area contributed by atoms with E-state index in [0.29, 0.717) is 34.1 Å². The van der Waals surface area contributed by atoms with Crippen LogP contribution in [-0.4, -0.2) is 28.8 Å². The molecule has 0 saturated carbocycles. The molecule has 9 heteroatoms. The highest BCUT2D eigenvalue weighted by Crippen LogP contribution is 2.32. The van der Waals surface area contributed by atoms with E-state index in [1.165, 1.54) is 27.1 Å². The van der Waals surface area contributed by atoms with E-state index in [-0.39, 0.29) is 22.3 Å². The second kappa shape index (κ2) is 10.4. The topological polar surface area (TPSA) is 72.3 Å². The number of hydrogen-bond acceptors (Lipinski definition) is 4. The molecule has 0 aliphatic rings. The molecule has 0 spiro atoms. The van der Waals surface area contributed by atoms with Gasteiger partial charge in [-0.1, -0.05) is 48.4 Å². The summed E-state index contributed by atoms with van der Waals surface area (Å²) in [7, 11) is -3.98. The van der Waals surface area contributed by atoms with Gasteiger partial charge < -0.3 is 0 Å². The monoisotopic (exact) mass is 541 g/mol. The number of rotatable bonds is 7. The van der Waals surface area contributed by atoms with Crippen LogP contribution in [0.15, 0.2) is 64.3 Å². The molecule has 0 N–H and O–H groups in total. The highest BCUT2D eigenvalue weighted by Gasteiger charge is 2.34. The van der Waals surface area contributed by atoms with Gasteiger partial charge in [0.15, 0.2) is 0 Å². The SMILES string of the molecule is CCCN(C(C)c1nc2ccccc2c(=O)n1-c1ccc(F)c(Cl)c1)S(=O)(=O)c1c(C)cc(C)cc1C. The Morgan fingerprint density at radius 3 is 2.32 bits per heavy atom. The molecule has 1 atom stereocenters. The van der Waals surface area contributed by atoms with Crippen LogP contribution in [0.4, 0.5) is 4.39 Å². The molecule has 0 saturated heterocycles. The Morgan fingerprint density at radius 1 is 1.05 bits per heavy atom.